The number of fused-ring (bicyclic) bond motifs is 1. The van der Waals surface area contributed by atoms with E-state index in [0.29, 0.717) is 0 Å². The molecule has 5 rings (SSSR count). The van der Waals surface area contributed by atoms with Gasteiger partial charge in [0, 0.05) is 22.0 Å². The molecule has 1 heterocycles. The second kappa shape index (κ2) is 8.68. The van der Waals surface area contributed by atoms with Crippen LogP contribution in [0.25, 0.3) is 33.4 Å². The van der Waals surface area contributed by atoms with Gasteiger partial charge in [0.25, 0.3) is 0 Å². The topological polar surface area (TPSA) is 27.7 Å². The molecule has 0 spiro atoms. The van der Waals surface area contributed by atoms with E-state index in [1.54, 1.807) is 14.2 Å². The summed E-state index contributed by atoms with van der Waals surface area (Å²) in [5.74, 6) is 2.60. The molecule has 1 atom stereocenters. The minimum absolute atomic E-state index is 0.421. The van der Waals surface area contributed by atoms with Crippen LogP contribution in [0.3, 0.4) is 0 Å². The van der Waals surface area contributed by atoms with Crippen LogP contribution >= 0.6 is 7.92 Å². The van der Waals surface area contributed by atoms with E-state index < -0.39 is 7.92 Å². The summed E-state index contributed by atoms with van der Waals surface area (Å²) < 4.78 is 18.2. The van der Waals surface area contributed by atoms with Crippen LogP contribution in [0.2, 0.25) is 0 Å². The Morgan fingerprint density at radius 2 is 1.25 bits per heavy atom. The van der Waals surface area contributed by atoms with Crippen LogP contribution in [0.1, 0.15) is 0 Å². The summed E-state index contributed by atoms with van der Waals surface area (Å²) >= 11 is 0. The van der Waals surface area contributed by atoms with Gasteiger partial charge in [0.1, 0.15) is 23.6 Å². The van der Waals surface area contributed by atoms with Crippen molar-refractivity contribution in [1.29, 1.82) is 0 Å². The Labute approximate surface area is 190 Å². The Kier molecular flexibility index (Phi) is 5.59. The zero-order valence-electron chi connectivity index (χ0n) is 18.5. The van der Waals surface area contributed by atoms with Gasteiger partial charge in [-0.3, -0.25) is 0 Å². The Hall–Kier alpha value is -3.29. The molecule has 4 aromatic rings. The normalized spacial score (nSPS) is 14.5. The van der Waals surface area contributed by atoms with Crippen LogP contribution in [0, 0.1) is 0 Å². The Bertz CT molecular complexity index is 1190. The van der Waals surface area contributed by atoms with Gasteiger partial charge >= 0.3 is 0 Å². The molecule has 0 N–H and O–H groups in total. The highest BCUT2D eigenvalue weighted by atomic mass is 31.1. The molecule has 1 aliphatic heterocycles. The molecule has 0 fully saturated rings. The molecule has 160 valence electrons. The van der Waals surface area contributed by atoms with E-state index in [0.717, 1.165) is 57.0 Å². The molecule has 4 heteroatoms. The van der Waals surface area contributed by atoms with Crippen LogP contribution in [0.15, 0.2) is 84.9 Å². The van der Waals surface area contributed by atoms with Crippen molar-refractivity contribution in [2.75, 3.05) is 27.2 Å². The highest BCUT2D eigenvalue weighted by Gasteiger charge is 2.29. The molecule has 0 aromatic heterocycles. The van der Waals surface area contributed by atoms with Crippen LogP contribution in [0.5, 0.6) is 17.2 Å². The van der Waals surface area contributed by atoms with Crippen LogP contribution < -0.4 is 19.5 Å². The van der Waals surface area contributed by atoms with Crippen LogP contribution in [-0.4, -0.2) is 27.2 Å². The monoisotopic (exact) mass is 440 g/mol. The molecule has 0 unspecified atom stereocenters. The molecule has 1 aliphatic rings. The van der Waals surface area contributed by atoms with Gasteiger partial charge in [0.15, 0.2) is 0 Å². The van der Waals surface area contributed by atoms with E-state index in [-0.39, 0.29) is 0 Å². The second-order valence-corrected chi connectivity index (χ2v) is 9.87. The maximum absolute atomic E-state index is 6.10. The van der Waals surface area contributed by atoms with E-state index in [1.165, 1.54) is 5.30 Å². The van der Waals surface area contributed by atoms with Crippen LogP contribution in [-0.2, 0) is 0 Å². The molecular weight excluding hydrogens is 415 g/mol. The smallest absolute Gasteiger partial charge is 0.138 e. The Morgan fingerprint density at radius 1 is 0.688 bits per heavy atom. The minimum atomic E-state index is -0.421. The highest BCUT2D eigenvalue weighted by molar-refractivity contribution is 7.65. The first-order chi connectivity index (χ1) is 15.7. The fourth-order valence-electron chi connectivity index (χ4n) is 4.45. The molecule has 3 nitrogen and oxygen atoms in total. The lowest BCUT2D eigenvalue weighted by molar-refractivity contribution is 0.399. The van der Waals surface area contributed by atoms with Crippen molar-refractivity contribution in [2.24, 2.45) is 0 Å². The lowest BCUT2D eigenvalue weighted by Crippen LogP contribution is -2.06. The average molecular weight is 440 g/mol. The van der Waals surface area contributed by atoms with Crippen LogP contribution in [0.4, 0.5) is 0 Å². The highest BCUT2D eigenvalue weighted by Crippen LogP contribution is 2.53. The molecule has 0 saturated heterocycles. The number of ether oxygens (including phenoxy) is 3. The van der Waals surface area contributed by atoms with Crippen molar-refractivity contribution < 1.29 is 14.2 Å². The third kappa shape index (κ3) is 3.43. The Morgan fingerprint density at radius 3 is 1.78 bits per heavy atom. The predicted octanol–water partition coefficient (Wildman–Crippen LogP) is 6.79. The molecular formula is C28H25O3P. The van der Waals surface area contributed by atoms with Crippen molar-refractivity contribution >= 4 is 13.2 Å². The first-order valence-corrected chi connectivity index (χ1v) is 12.6. The zero-order valence-corrected chi connectivity index (χ0v) is 19.4. The number of methoxy groups -OCH3 is 2. The molecule has 0 radical (unpaired) electrons. The van der Waals surface area contributed by atoms with E-state index in [4.69, 9.17) is 14.2 Å². The van der Waals surface area contributed by atoms with Gasteiger partial charge < -0.3 is 14.2 Å². The predicted molar refractivity (Wildman–Crippen MR) is 134 cm³/mol. The maximum atomic E-state index is 6.10. The SMILES string of the molecule is COc1c(-c2ccccc2)cc(-c2ccccc2)c(OC)c1-c1cccc2c1[P@@](C)CO2. The van der Waals surface area contributed by atoms with Gasteiger partial charge in [0.05, 0.1) is 19.8 Å². The summed E-state index contributed by atoms with van der Waals surface area (Å²) in [6, 6.07) is 29.2. The van der Waals surface area contributed by atoms with Gasteiger partial charge in [-0.1, -0.05) is 72.8 Å². The molecule has 0 amide bonds. The van der Waals surface area contributed by atoms with E-state index in [9.17, 15) is 0 Å². The largest absolute Gasteiger partial charge is 0.495 e. The van der Waals surface area contributed by atoms with Gasteiger partial charge in [-0.2, -0.15) is 0 Å². The molecule has 0 bridgehead atoms. The number of rotatable bonds is 5. The zero-order chi connectivity index (χ0) is 22.1. The molecule has 0 aliphatic carbocycles. The molecule has 32 heavy (non-hydrogen) atoms. The van der Waals surface area contributed by atoms with Crippen molar-refractivity contribution in [3.8, 4) is 50.6 Å². The lowest BCUT2D eigenvalue weighted by atomic mass is 9.90. The van der Waals surface area contributed by atoms with Gasteiger partial charge in [-0.25, -0.2) is 0 Å². The van der Waals surface area contributed by atoms with Crippen molar-refractivity contribution in [1.82, 2.24) is 0 Å². The summed E-state index contributed by atoms with van der Waals surface area (Å²) in [6.07, 6.45) is 0.746. The molecule has 0 saturated carbocycles. The summed E-state index contributed by atoms with van der Waals surface area (Å²) in [5.41, 5.74) is 6.39. The van der Waals surface area contributed by atoms with E-state index in [1.807, 2.05) is 12.1 Å². The fraction of sp³-hybridized carbons (Fsp3) is 0.143. The summed E-state index contributed by atoms with van der Waals surface area (Å²) in [7, 11) is 3.05. The van der Waals surface area contributed by atoms with E-state index >= 15 is 0 Å². The summed E-state index contributed by atoms with van der Waals surface area (Å²) in [6.45, 7) is 2.27. The minimum Gasteiger partial charge on any atom is -0.495 e. The van der Waals surface area contributed by atoms with Crippen molar-refractivity contribution in [3.63, 3.8) is 0 Å². The number of benzene rings is 4. The first-order valence-electron chi connectivity index (χ1n) is 10.6. The van der Waals surface area contributed by atoms with Gasteiger partial charge in [-0.15, -0.1) is 0 Å². The van der Waals surface area contributed by atoms with Gasteiger partial charge in [0.2, 0.25) is 0 Å². The quantitative estimate of drug-likeness (QED) is 0.320. The first kappa shape index (κ1) is 20.6. The van der Waals surface area contributed by atoms with E-state index in [2.05, 4.69) is 79.5 Å². The number of hydrogen-bond acceptors (Lipinski definition) is 3. The third-order valence-corrected chi connectivity index (χ3v) is 7.61. The van der Waals surface area contributed by atoms with Crippen molar-refractivity contribution in [2.45, 2.75) is 0 Å². The third-order valence-electron chi connectivity index (χ3n) is 5.87. The molecule has 4 aromatic carbocycles. The Balaban J connectivity index is 1.90. The fourth-order valence-corrected chi connectivity index (χ4v) is 6.02. The standard InChI is InChI=1S/C28H25O3P/c1-29-26-22(19-11-6-4-7-12-19)17-23(20-13-8-5-9-14-20)27(30-2)25(26)21-15-10-16-24-28(21)32(3)18-31-24/h4-17H,18H2,1-3H3/t32-/m0/s1. The van der Waals surface area contributed by atoms with Gasteiger partial charge in [-0.05, 0) is 37.8 Å². The lowest BCUT2D eigenvalue weighted by Gasteiger charge is -2.23. The summed E-state index contributed by atoms with van der Waals surface area (Å²) in [5, 5.41) is 1.27. The number of hydrogen-bond donors (Lipinski definition) is 0. The summed E-state index contributed by atoms with van der Waals surface area (Å²) in [4.78, 5) is 0. The maximum Gasteiger partial charge on any atom is 0.138 e. The van der Waals surface area contributed by atoms with Crippen molar-refractivity contribution in [3.05, 3.63) is 84.9 Å². The second-order valence-electron chi connectivity index (χ2n) is 7.77. The average Bonchev–Trinajstić information content (AvgIpc) is 3.24.